The number of imide groups is 1. The van der Waals surface area contributed by atoms with E-state index in [1.54, 1.807) is 12.1 Å². The third kappa shape index (κ3) is 1.28. The Balaban J connectivity index is 2.54. The van der Waals surface area contributed by atoms with Crippen LogP contribution in [0.5, 0.6) is 11.5 Å². The zero-order valence-corrected chi connectivity index (χ0v) is 10.3. The normalized spacial score (nSPS) is 14.1. The van der Waals surface area contributed by atoms with Crippen molar-refractivity contribution in [1.29, 1.82) is 0 Å². The number of phenolic OH excluding ortho intramolecular Hbond substituents is 1. The minimum absolute atomic E-state index is 0.0458. The Labute approximate surface area is 108 Å². The number of phenols is 1. The van der Waals surface area contributed by atoms with Crippen LogP contribution in [0.25, 0.3) is 10.9 Å². The highest BCUT2D eigenvalue weighted by Crippen LogP contribution is 2.42. The van der Waals surface area contributed by atoms with Gasteiger partial charge in [-0.1, -0.05) is 0 Å². The SMILES string of the molecule is COc1c2c(c(O)c3ncccc13)C(=O)N(C)C2=O. The highest BCUT2D eigenvalue weighted by atomic mass is 16.5. The first-order valence-electron chi connectivity index (χ1n) is 5.58. The van der Waals surface area contributed by atoms with Gasteiger partial charge in [-0.3, -0.25) is 19.5 Å². The molecule has 0 aliphatic carbocycles. The molecular formula is C13H10N2O4. The number of carbonyl (C=O) groups excluding carboxylic acids is 2. The molecule has 1 aliphatic heterocycles. The number of ether oxygens (including phenoxy) is 1. The summed E-state index contributed by atoms with van der Waals surface area (Å²) in [5, 5.41) is 10.7. The number of aromatic hydroxyl groups is 1. The predicted molar refractivity (Wildman–Crippen MR) is 66.4 cm³/mol. The van der Waals surface area contributed by atoms with Gasteiger partial charge in [0.1, 0.15) is 16.8 Å². The fraction of sp³-hybridized carbons (Fsp3) is 0.154. The molecule has 0 atom stereocenters. The Kier molecular flexibility index (Phi) is 2.22. The second-order valence-corrected chi connectivity index (χ2v) is 4.20. The maximum atomic E-state index is 12.1. The van der Waals surface area contributed by atoms with E-state index in [1.807, 2.05) is 0 Å². The molecule has 1 aliphatic rings. The third-order valence-electron chi connectivity index (χ3n) is 3.23. The molecule has 2 aromatic rings. The Bertz CT molecular complexity index is 739. The Hall–Kier alpha value is -2.63. The molecule has 0 unspecified atom stereocenters. The van der Waals surface area contributed by atoms with E-state index in [4.69, 9.17) is 4.74 Å². The average Bonchev–Trinajstić information content (AvgIpc) is 2.65. The molecule has 2 heterocycles. The highest BCUT2D eigenvalue weighted by molar-refractivity contribution is 6.26. The van der Waals surface area contributed by atoms with Gasteiger partial charge in [0, 0.05) is 18.6 Å². The molecule has 6 nitrogen and oxygen atoms in total. The molecule has 0 fully saturated rings. The van der Waals surface area contributed by atoms with Gasteiger partial charge >= 0.3 is 0 Å². The van der Waals surface area contributed by atoms with Crippen LogP contribution < -0.4 is 4.74 Å². The molecule has 1 N–H and O–H groups in total. The molecule has 0 spiro atoms. The van der Waals surface area contributed by atoms with E-state index in [0.717, 1.165) is 4.90 Å². The van der Waals surface area contributed by atoms with E-state index in [0.29, 0.717) is 5.39 Å². The van der Waals surface area contributed by atoms with Crippen molar-refractivity contribution in [2.45, 2.75) is 0 Å². The summed E-state index contributed by atoms with van der Waals surface area (Å²) >= 11 is 0. The number of methoxy groups -OCH3 is 1. The van der Waals surface area contributed by atoms with Crippen molar-refractivity contribution in [3.05, 3.63) is 29.5 Å². The van der Waals surface area contributed by atoms with Crippen molar-refractivity contribution in [3.63, 3.8) is 0 Å². The lowest BCUT2D eigenvalue weighted by molar-refractivity contribution is 0.0691. The monoisotopic (exact) mass is 258 g/mol. The molecule has 1 aromatic carbocycles. The zero-order chi connectivity index (χ0) is 13.7. The fourth-order valence-corrected chi connectivity index (χ4v) is 2.31. The van der Waals surface area contributed by atoms with Gasteiger partial charge in [-0.15, -0.1) is 0 Å². The summed E-state index contributed by atoms with van der Waals surface area (Å²) in [5.74, 6) is -1.06. The molecule has 19 heavy (non-hydrogen) atoms. The minimum Gasteiger partial charge on any atom is -0.505 e. The van der Waals surface area contributed by atoms with Crippen molar-refractivity contribution in [3.8, 4) is 11.5 Å². The van der Waals surface area contributed by atoms with E-state index in [2.05, 4.69) is 4.98 Å². The smallest absolute Gasteiger partial charge is 0.265 e. The van der Waals surface area contributed by atoms with Crippen molar-refractivity contribution < 1.29 is 19.4 Å². The number of nitrogens with zero attached hydrogens (tertiary/aromatic N) is 2. The minimum atomic E-state index is -0.552. The van der Waals surface area contributed by atoms with Crippen LogP contribution in [-0.4, -0.2) is 41.0 Å². The van der Waals surface area contributed by atoms with E-state index >= 15 is 0 Å². The second-order valence-electron chi connectivity index (χ2n) is 4.20. The van der Waals surface area contributed by atoms with Gasteiger partial charge in [0.2, 0.25) is 0 Å². The van der Waals surface area contributed by atoms with Gasteiger partial charge in [-0.05, 0) is 12.1 Å². The van der Waals surface area contributed by atoms with Gasteiger partial charge in [0.05, 0.1) is 12.7 Å². The summed E-state index contributed by atoms with van der Waals surface area (Å²) in [6.45, 7) is 0. The second kappa shape index (κ2) is 3.68. The van der Waals surface area contributed by atoms with Crippen LogP contribution in [0.4, 0.5) is 0 Å². The van der Waals surface area contributed by atoms with Crippen molar-refractivity contribution in [1.82, 2.24) is 9.88 Å². The standard InChI is InChI=1S/C13H10N2O4/c1-15-12(17)7-8(13(15)18)11(19-2)6-4-3-5-14-9(6)10(7)16/h3-5,16H,1-2H3. The van der Waals surface area contributed by atoms with E-state index in [-0.39, 0.29) is 28.1 Å². The molecule has 3 rings (SSSR count). The molecular weight excluding hydrogens is 248 g/mol. The number of fused-ring (bicyclic) bond motifs is 2. The first-order chi connectivity index (χ1) is 9.07. The van der Waals surface area contributed by atoms with E-state index in [1.165, 1.54) is 20.4 Å². The Morgan fingerprint density at radius 3 is 2.63 bits per heavy atom. The lowest BCUT2D eigenvalue weighted by Gasteiger charge is -2.10. The van der Waals surface area contributed by atoms with Gasteiger partial charge in [-0.2, -0.15) is 0 Å². The number of benzene rings is 1. The summed E-state index contributed by atoms with van der Waals surface area (Å²) in [6.07, 6.45) is 1.50. The van der Waals surface area contributed by atoms with E-state index < -0.39 is 11.8 Å². The molecule has 6 heteroatoms. The van der Waals surface area contributed by atoms with Crippen molar-refractivity contribution >= 4 is 22.7 Å². The van der Waals surface area contributed by atoms with Crippen molar-refractivity contribution in [2.24, 2.45) is 0 Å². The number of rotatable bonds is 1. The maximum absolute atomic E-state index is 12.1. The van der Waals surface area contributed by atoms with Gasteiger partial charge in [0.25, 0.3) is 11.8 Å². The largest absolute Gasteiger partial charge is 0.505 e. The number of amides is 2. The molecule has 0 radical (unpaired) electrons. The van der Waals surface area contributed by atoms with Crippen LogP contribution in [-0.2, 0) is 0 Å². The Morgan fingerprint density at radius 1 is 1.26 bits per heavy atom. The molecule has 2 amide bonds. The first kappa shape index (κ1) is 11.5. The first-order valence-corrected chi connectivity index (χ1v) is 5.58. The molecule has 0 saturated carbocycles. The van der Waals surface area contributed by atoms with Crippen LogP contribution in [0, 0.1) is 0 Å². The summed E-state index contributed by atoms with van der Waals surface area (Å²) in [7, 11) is 2.77. The Morgan fingerprint density at radius 2 is 1.95 bits per heavy atom. The predicted octanol–water partition coefficient (Wildman–Crippen LogP) is 1.17. The van der Waals surface area contributed by atoms with Crippen LogP contribution in [0.1, 0.15) is 20.7 Å². The highest BCUT2D eigenvalue weighted by Gasteiger charge is 2.40. The lowest BCUT2D eigenvalue weighted by atomic mass is 10.0. The van der Waals surface area contributed by atoms with Crippen LogP contribution >= 0.6 is 0 Å². The van der Waals surface area contributed by atoms with Crippen molar-refractivity contribution in [2.75, 3.05) is 14.2 Å². The topological polar surface area (TPSA) is 79.7 Å². The summed E-state index contributed by atoms with van der Waals surface area (Å²) in [4.78, 5) is 29.1. The van der Waals surface area contributed by atoms with Gasteiger partial charge in [-0.25, -0.2) is 0 Å². The summed E-state index contributed by atoms with van der Waals surface area (Å²) in [6, 6.07) is 3.35. The quantitative estimate of drug-likeness (QED) is 0.777. The average molecular weight is 258 g/mol. The van der Waals surface area contributed by atoms with Crippen LogP contribution in [0.3, 0.4) is 0 Å². The maximum Gasteiger partial charge on any atom is 0.265 e. The molecule has 0 saturated heterocycles. The fourth-order valence-electron chi connectivity index (χ4n) is 2.31. The van der Waals surface area contributed by atoms with E-state index in [9.17, 15) is 14.7 Å². The summed E-state index contributed by atoms with van der Waals surface area (Å²) < 4.78 is 5.24. The summed E-state index contributed by atoms with van der Waals surface area (Å²) in [5.41, 5.74) is 0.290. The molecule has 96 valence electrons. The number of hydrogen-bond donors (Lipinski definition) is 1. The zero-order valence-electron chi connectivity index (χ0n) is 10.3. The number of pyridine rings is 1. The van der Waals surface area contributed by atoms with Crippen LogP contribution in [0.15, 0.2) is 18.3 Å². The number of hydrogen-bond acceptors (Lipinski definition) is 5. The van der Waals surface area contributed by atoms with Gasteiger partial charge < -0.3 is 9.84 Å². The number of carbonyl (C=O) groups is 2. The molecule has 0 bridgehead atoms. The van der Waals surface area contributed by atoms with Crippen LogP contribution in [0.2, 0.25) is 0 Å². The third-order valence-corrected chi connectivity index (χ3v) is 3.23. The number of aromatic nitrogens is 1. The molecule has 1 aromatic heterocycles. The van der Waals surface area contributed by atoms with Gasteiger partial charge in [0.15, 0.2) is 5.75 Å². The lowest BCUT2D eigenvalue weighted by Crippen LogP contribution is -2.24.